The second-order valence-electron chi connectivity index (χ2n) is 17.1. The fourth-order valence-corrected chi connectivity index (χ4v) is 11.7. The van der Waals surface area contributed by atoms with Crippen molar-refractivity contribution in [3.63, 3.8) is 0 Å². The molecule has 11 aromatic rings. The van der Waals surface area contributed by atoms with Crippen LogP contribution >= 0.6 is 11.3 Å². The van der Waals surface area contributed by atoms with Gasteiger partial charge in [-0.1, -0.05) is 165 Å². The Morgan fingerprint density at radius 3 is 1.94 bits per heavy atom. The maximum atomic E-state index is 5.36. The van der Waals surface area contributed by atoms with E-state index in [9.17, 15) is 0 Å². The van der Waals surface area contributed by atoms with Crippen molar-refractivity contribution in [2.24, 2.45) is 0 Å². The molecular formula is C58H39N3S. The van der Waals surface area contributed by atoms with E-state index in [0.717, 1.165) is 29.5 Å². The van der Waals surface area contributed by atoms with Gasteiger partial charge in [0, 0.05) is 36.9 Å². The first kappa shape index (κ1) is 35.5. The van der Waals surface area contributed by atoms with Crippen LogP contribution in [-0.2, 0) is 12.8 Å². The lowest BCUT2D eigenvalue weighted by molar-refractivity contribution is 0.568. The van der Waals surface area contributed by atoms with Crippen molar-refractivity contribution in [3.05, 3.63) is 210 Å². The summed E-state index contributed by atoms with van der Waals surface area (Å²) in [6, 6.07) is 66.8. The molecule has 2 aliphatic carbocycles. The van der Waals surface area contributed by atoms with Crippen molar-refractivity contribution in [2.75, 3.05) is 0 Å². The summed E-state index contributed by atoms with van der Waals surface area (Å²) in [5.41, 5.74) is 15.3. The summed E-state index contributed by atoms with van der Waals surface area (Å²) in [5.74, 6) is 2.71. The molecule has 0 fully saturated rings. The van der Waals surface area contributed by atoms with Gasteiger partial charge in [0.05, 0.1) is 0 Å². The number of thiophene rings is 1. The molecular weight excluding hydrogens is 771 g/mol. The summed E-state index contributed by atoms with van der Waals surface area (Å²) in [4.78, 5) is 15.8. The molecule has 9 aromatic carbocycles. The van der Waals surface area contributed by atoms with E-state index >= 15 is 0 Å². The molecule has 2 aliphatic rings. The van der Waals surface area contributed by atoms with Gasteiger partial charge in [0.1, 0.15) is 0 Å². The van der Waals surface area contributed by atoms with E-state index in [2.05, 4.69) is 183 Å². The highest BCUT2D eigenvalue weighted by molar-refractivity contribution is 7.25. The van der Waals surface area contributed by atoms with Crippen LogP contribution in [0.15, 0.2) is 182 Å². The topological polar surface area (TPSA) is 38.7 Å². The lowest BCUT2D eigenvalue weighted by Crippen LogP contribution is -2.17. The molecule has 0 radical (unpaired) electrons. The first-order valence-corrected chi connectivity index (χ1v) is 22.5. The lowest BCUT2D eigenvalue weighted by atomic mass is 9.70. The predicted molar refractivity (Wildman–Crippen MR) is 259 cm³/mol. The first-order chi connectivity index (χ1) is 30.6. The number of fused-ring (bicyclic) bond motifs is 11. The highest BCUT2D eigenvalue weighted by Gasteiger charge is 2.32. The summed E-state index contributed by atoms with van der Waals surface area (Å²) >= 11 is 1.82. The Kier molecular flexibility index (Phi) is 7.95. The first-order valence-electron chi connectivity index (χ1n) is 21.6. The zero-order valence-corrected chi connectivity index (χ0v) is 35.0. The van der Waals surface area contributed by atoms with Gasteiger partial charge in [0.2, 0.25) is 0 Å². The van der Waals surface area contributed by atoms with E-state index in [-0.39, 0.29) is 0 Å². The third-order valence-corrected chi connectivity index (χ3v) is 14.8. The minimum Gasteiger partial charge on any atom is -0.208 e. The monoisotopic (exact) mass is 809 g/mol. The summed E-state index contributed by atoms with van der Waals surface area (Å²) in [6.07, 6.45) is 1.89. The van der Waals surface area contributed by atoms with Crippen LogP contribution in [-0.4, -0.2) is 15.0 Å². The van der Waals surface area contributed by atoms with E-state index in [4.69, 9.17) is 15.0 Å². The lowest BCUT2D eigenvalue weighted by Gasteiger charge is -2.33. The zero-order chi connectivity index (χ0) is 40.9. The van der Waals surface area contributed by atoms with Gasteiger partial charge >= 0.3 is 0 Å². The molecule has 0 N–H and O–H groups in total. The molecule has 3 nitrogen and oxygen atoms in total. The molecule has 0 spiro atoms. The van der Waals surface area contributed by atoms with Crippen LogP contribution in [0.1, 0.15) is 46.6 Å². The number of hydrogen-bond acceptors (Lipinski definition) is 4. The largest absolute Gasteiger partial charge is 0.208 e. The predicted octanol–water partition coefficient (Wildman–Crippen LogP) is 15.2. The van der Waals surface area contributed by atoms with Crippen LogP contribution in [0.25, 0.3) is 98.1 Å². The summed E-state index contributed by atoms with van der Waals surface area (Å²) < 4.78 is 2.49. The summed E-state index contributed by atoms with van der Waals surface area (Å²) in [6.45, 7) is 2.44. The third kappa shape index (κ3) is 5.60. The van der Waals surface area contributed by atoms with Crippen molar-refractivity contribution in [3.8, 4) is 56.4 Å². The van der Waals surface area contributed by atoms with Gasteiger partial charge in [-0.25, -0.2) is 15.0 Å². The maximum Gasteiger partial charge on any atom is 0.164 e. The minimum absolute atomic E-state index is 0.304. The third-order valence-electron chi connectivity index (χ3n) is 13.6. The van der Waals surface area contributed by atoms with Crippen molar-refractivity contribution in [2.45, 2.75) is 31.6 Å². The highest BCUT2D eigenvalue weighted by Crippen LogP contribution is 2.50. The van der Waals surface area contributed by atoms with Crippen LogP contribution in [0.2, 0.25) is 0 Å². The van der Waals surface area contributed by atoms with Crippen molar-refractivity contribution >= 4 is 53.1 Å². The molecule has 2 aromatic heterocycles. The molecule has 0 bridgehead atoms. The van der Waals surface area contributed by atoms with E-state index in [1.165, 1.54) is 91.8 Å². The number of nitrogens with zero attached hydrogens (tertiary/aromatic N) is 3. The fourth-order valence-electron chi connectivity index (χ4n) is 10.6. The molecule has 0 amide bonds. The number of rotatable bonds is 5. The number of benzene rings is 9. The standard InChI is InChI=1S/C58H39N3S/c1-34(48-33-43-28-37-15-5-6-16-38(37)30-49(43)51-32-40-18-8-7-17-39(40)31-50(48)51)36-25-26-44-42(27-36)29-41-19-11-21-46(54(41)44)57-59-56(35-13-3-2-4-14-35)60-58(61-57)47-22-12-24-53-55(47)45-20-9-10-23-52(45)62-53/h2-28,30-32,34,48H,29,33H2,1H3. The van der Waals surface area contributed by atoms with Crippen molar-refractivity contribution in [1.82, 2.24) is 15.0 Å². The van der Waals surface area contributed by atoms with Gasteiger partial charge in [-0.2, -0.15) is 0 Å². The van der Waals surface area contributed by atoms with Crippen LogP contribution < -0.4 is 0 Å². The van der Waals surface area contributed by atoms with Crippen LogP contribution in [0.3, 0.4) is 0 Å². The Morgan fingerprint density at radius 1 is 0.468 bits per heavy atom. The molecule has 2 unspecified atom stereocenters. The molecule has 62 heavy (non-hydrogen) atoms. The zero-order valence-electron chi connectivity index (χ0n) is 34.1. The Morgan fingerprint density at radius 2 is 1.11 bits per heavy atom. The average Bonchev–Trinajstić information content (AvgIpc) is 3.91. The molecule has 2 atom stereocenters. The summed E-state index contributed by atoms with van der Waals surface area (Å²) in [5, 5.41) is 7.64. The van der Waals surface area contributed by atoms with Gasteiger partial charge < -0.3 is 0 Å². The molecule has 2 heterocycles. The smallest absolute Gasteiger partial charge is 0.164 e. The average molecular weight is 810 g/mol. The second-order valence-corrected chi connectivity index (χ2v) is 18.2. The van der Waals surface area contributed by atoms with Gasteiger partial charge in [-0.05, 0) is 121 Å². The molecule has 292 valence electrons. The van der Waals surface area contributed by atoms with E-state index in [1.807, 2.05) is 17.4 Å². The molecule has 4 heteroatoms. The van der Waals surface area contributed by atoms with E-state index < -0.39 is 0 Å². The van der Waals surface area contributed by atoms with Crippen LogP contribution in [0.5, 0.6) is 0 Å². The van der Waals surface area contributed by atoms with Gasteiger partial charge in [-0.3, -0.25) is 0 Å². The van der Waals surface area contributed by atoms with Crippen LogP contribution in [0, 0.1) is 0 Å². The molecule has 0 saturated carbocycles. The Labute approximate surface area is 364 Å². The van der Waals surface area contributed by atoms with Gasteiger partial charge in [0.25, 0.3) is 0 Å². The molecule has 13 rings (SSSR count). The van der Waals surface area contributed by atoms with Gasteiger partial charge in [-0.15, -0.1) is 11.3 Å². The fraction of sp³-hybridized carbons (Fsp3) is 0.0862. The second kappa shape index (κ2) is 13.9. The minimum atomic E-state index is 0.304. The maximum absolute atomic E-state index is 5.36. The van der Waals surface area contributed by atoms with Gasteiger partial charge in [0.15, 0.2) is 17.5 Å². The normalized spacial score (nSPS) is 14.5. The highest BCUT2D eigenvalue weighted by atomic mass is 32.1. The van der Waals surface area contributed by atoms with E-state index in [0.29, 0.717) is 29.3 Å². The quantitative estimate of drug-likeness (QED) is 0.174. The Balaban J connectivity index is 0.923. The SMILES string of the molecule is CC(c1ccc2c(c1)Cc1cccc(-c3nc(-c4ccccc4)nc(-c4cccc5sc6ccccc6c45)n3)c1-2)C1Cc2cc3ccccc3cc2-c2cc3ccccc3cc21. The van der Waals surface area contributed by atoms with Crippen molar-refractivity contribution < 1.29 is 0 Å². The Hall–Kier alpha value is -7.27. The number of hydrogen-bond donors (Lipinski definition) is 0. The Bertz CT molecular complexity index is 3620. The number of aromatic nitrogens is 3. The van der Waals surface area contributed by atoms with Crippen LogP contribution in [0.4, 0.5) is 0 Å². The van der Waals surface area contributed by atoms with E-state index in [1.54, 1.807) is 0 Å². The molecule has 0 aliphatic heterocycles. The van der Waals surface area contributed by atoms with Crippen molar-refractivity contribution in [1.29, 1.82) is 0 Å². The summed E-state index contributed by atoms with van der Waals surface area (Å²) in [7, 11) is 0. The molecule has 0 saturated heterocycles.